The number of nitrogens with two attached hydrogens (primary N) is 1. The van der Waals surface area contributed by atoms with E-state index in [0.717, 1.165) is 0 Å². The van der Waals surface area contributed by atoms with Gasteiger partial charge in [0.05, 0.1) is 16.6 Å². The van der Waals surface area contributed by atoms with Crippen LogP contribution in [0, 0.1) is 0 Å². The number of phenols is 1. The molecule has 144 valence electrons. The molecule has 0 saturated heterocycles. The Hall–Kier alpha value is -4.40. The lowest BCUT2D eigenvalue weighted by Gasteiger charge is -2.12. The van der Waals surface area contributed by atoms with Gasteiger partial charge in [-0.1, -0.05) is 18.2 Å². The number of aromatic amines is 1. The number of benzene rings is 2. The highest BCUT2D eigenvalue weighted by Gasteiger charge is 2.24. The fourth-order valence-electron chi connectivity index (χ4n) is 3.13. The zero-order valence-corrected chi connectivity index (χ0v) is 14.9. The molecule has 0 aliphatic rings. The number of carboxylic acids is 1. The van der Waals surface area contributed by atoms with Gasteiger partial charge in [0.1, 0.15) is 5.75 Å². The molecule has 0 fully saturated rings. The number of primary amides is 1. The molecule has 29 heavy (non-hydrogen) atoms. The van der Waals surface area contributed by atoms with Crippen molar-refractivity contribution in [2.75, 3.05) is 5.32 Å². The second-order valence-electron chi connectivity index (χ2n) is 6.24. The molecule has 1 amide bonds. The minimum absolute atomic E-state index is 0.00100. The van der Waals surface area contributed by atoms with E-state index in [1.54, 1.807) is 36.5 Å². The molecular formula is C20H15N5O4. The Balaban J connectivity index is 2.00. The first-order valence-electron chi connectivity index (χ1n) is 8.52. The molecule has 2 aromatic carbocycles. The maximum absolute atomic E-state index is 12.1. The Morgan fingerprint density at radius 1 is 1.03 bits per heavy atom. The summed E-state index contributed by atoms with van der Waals surface area (Å²) in [4.78, 5) is 26.8. The zero-order valence-electron chi connectivity index (χ0n) is 14.9. The van der Waals surface area contributed by atoms with E-state index in [4.69, 9.17) is 5.73 Å². The van der Waals surface area contributed by atoms with Gasteiger partial charge in [-0.2, -0.15) is 0 Å². The van der Waals surface area contributed by atoms with Crippen molar-refractivity contribution < 1.29 is 19.8 Å². The molecule has 0 aliphatic carbocycles. The minimum Gasteiger partial charge on any atom is -0.508 e. The van der Waals surface area contributed by atoms with Crippen LogP contribution in [-0.2, 0) is 0 Å². The van der Waals surface area contributed by atoms with E-state index in [-0.39, 0.29) is 22.6 Å². The summed E-state index contributed by atoms with van der Waals surface area (Å²) in [5, 5.41) is 30.6. The third-order valence-corrected chi connectivity index (χ3v) is 4.40. The maximum Gasteiger partial charge on any atom is 0.336 e. The SMILES string of the molecule is NC(=O)c1nnc2[nH]cc(Nc3ccc(O)cc3)c2c1-c1ccccc1C(=O)O. The maximum atomic E-state index is 12.1. The van der Waals surface area contributed by atoms with Gasteiger partial charge in [0.25, 0.3) is 5.91 Å². The number of aromatic hydroxyl groups is 1. The number of nitrogens with one attached hydrogen (secondary N) is 2. The topological polar surface area (TPSA) is 154 Å². The number of nitrogens with zero attached hydrogens (tertiary/aromatic N) is 2. The fourth-order valence-corrected chi connectivity index (χ4v) is 3.13. The number of hydrogen-bond acceptors (Lipinski definition) is 6. The quantitative estimate of drug-likeness (QED) is 0.329. The fraction of sp³-hybridized carbons (Fsp3) is 0. The van der Waals surface area contributed by atoms with Crippen LogP contribution in [0.5, 0.6) is 5.75 Å². The predicted octanol–water partition coefficient (Wildman–Crippen LogP) is 2.87. The van der Waals surface area contributed by atoms with Crippen LogP contribution in [0.4, 0.5) is 11.4 Å². The van der Waals surface area contributed by atoms with Crippen molar-refractivity contribution >= 4 is 34.3 Å². The number of H-pyrrole nitrogens is 1. The third-order valence-electron chi connectivity index (χ3n) is 4.40. The third kappa shape index (κ3) is 3.21. The lowest BCUT2D eigenvalue weighted by Crippen LogP contribution is -2.16. The smallest absolute Gasteiger partial charge is 0.336 e. The standard InChI is InChI=1S/C20H15N5O4/c21-18(27)17-15(12-3-1-2-4-13(12)20(28)29)16-14(9-22-19(16)25-24-17)23-10-5-7-11(26)8-6-10/h1-9,23,26H,(H2,21,27)(H,22,25)(H,28,29). The van der Waals surface area contributed by atoms with Crippen LogP contribution >= 0.6 is 0 Å². The lowest BCUT2D eigenvalue weighted by molar-refractivity contribution is 0.0697. The summed E-state index contributed by atoms with van der Waals surface area (Å²) >= 11 is 0. The number of rotatable bonds is 5. The van der Waals surface area contributed by atoms with Crippen LogP contribution in [-0.4, -0.2) is 37.3 Å². The van der Waals surface area contributed by atoms with Crippen LogP contribution in [0.2, 0.25) is 0 Å². The van der Waals surface area contributed by atoms with Crippen molar-refractivity contribution in [3.05, 3.63) is 66.0 Å². The van der Waals surface area contributed by atoms with Crippen LogP contribution in [0.15, 0.2) is 54.7 Å². The molecule has 2 heterocycles. The number of fused-ring (bicyclic) bond motifs is 1. The summed E-state index contributed by atoms with van der Waals surface area (Å²) in [5.74, 6) is -1.86. The first kappa shape index (κ1) is 18.0. The molecule has 0 unspecified atom stereocenters. The van der Waals surface area contributed by atoms with Crippen molar-refractivity contribution in [1.82, 2.24) is 15.2 Å². The Labute approximate surface area is 163 Å². The van der Waals surface area contributed by atoms with E-state index in [9.17, 15) is 19.8 Å². The Morgan fingerprint density at radius 3 is 2.45 bits per heavy atom. The average molecular weight is 389 g/mol. The van der Waals surface area contributed by atoms with Crippen molar-refractivity contribution in [2.45, 2.75) is 0 Å². The molecular weight excluding hydrogens is 374 g/mol. The Morgan fingerprint density at radius 2 is 1.76 bits per heavy atom. The van der Waals surface area contributed by atoms with Gasteiger partial charge >= 0.3 is 5.97 Å². The number of hydrogen-bond donors (Lipinski definition) is 5. The highest BCUT2D eigenvalue weighted by molar-refractivity contribution is 6.13. The van der Waals surface area contributed by atoms with Gasteiger partial charge in [0, 0.05) is 17.4 Å². The van der Waals surface area contributed by atoms with E-state index >= 15 is 0 Å². The van der Waals surface area contributed by atoms with Crippen molar-refractivity contribution in [3.8, 4) is 16.9 Å². The van der Waals surface area contributed by atoms with Gasteiger partial charge < -0.3 is 26.2 Å². The first-order chi connectivity index (χ1) is 14.0. The molecule has 2 aromatic heterocycles. The largest absolute Gasteiger partial charge is 0.508 e. The van der Waals surface area contributed by atoms with Crippen LogP contribution < -0.4 is 11.1 Å². The number of amides is 1. The van der Waals surface area contributed by atoms with E-state index in [1.807, 2.05) is 0 Å². The molecule has 0 bridgehead atoms. The van der Waals surface area contributed by atoms with Crippen LogP contribution in [0.25, 0.3) is 22.2 Å². The number of aromatic nitrogens is 3. The van der Waals surface area contributed by atoms with Crippen molar-refractivity contribution in [1.29, 1.82) is 0 Å². The summed E-state index contributed by atoms with van der Waals surface area (Å²) in [6.45, 7) is 0. The monoisotopic (exact) mass is 389 g/mol. The zero-order chi connectivity index (χ0) is 20.5. The summed E-state index contributed by atoms with van der Waals surface area (Å²) in [6, 6.07) is 12.7. The first-order valence-corrected chi connectivity index (χ1v) is 8.52. The Bertz CT molecular complexity index is 1250. The van der Waals surface area contributed by atoms with Gasteiger partial charge in [-0.25, -0.2) is 4.79 Å². The molecule has 9 heteroatoms. The van der Waals surface area contributed by atoms with Gasteiger partial charge in [-0.3, -0.25) is 4.79 Å². The number of carbonyl (C=O) groups excluding carboxylic acids is 1. The second kappa shape index (κ2) is 6.97. The second-order valence-corrected chi connectivity index (χ2v) is 6.24. The normalized spacial score (nSPS) is 10.8. The number of carboxylic acid groups (broad SMARTS) is 1. The number of phenolic OH excluding ortho intramolecular Hbond substituents is 1. The molecule has 4 rings (SSSR count). The number of carbonyl (C=O) groups is 2. The number of anilines is 2. The van der Waals surface area contributed by atoms with E-state index in [2.05, 4.69) is 20.5 Å². The number of aromatic carboxylic acids is 1. The lowest BCUT2D eigenvalue weighted by atomic mass is 9.95. The summed E-state index contributed by atoms with van der Waals surface area (Å²) < 4.78 is 0. The van der Waals surface area contributed by atoms with Crippen molar-refractivity contribution in [2.24, 2.45) is 5.73 Å². The highest BCUT2D eigenvalue weighted by Crippen LogP contribution is 2.37. The molecule has 0 radical (unpaired) electrons. The van der Waals surface area contributed by atoms with Gasteiger partial charge in [0.15, 0.2) is 11.3 Å². The van der Waals surface area contributed by atoms with Gasteiger partial charge in [0.2, 0.25) is 0 Å². The molecule has 6 N–H and O–H groups in total. The minimum atomic E-state index is -1.15. The highest BCUT2D eigenvalue weighted by atomic mass is 16.4. The average Bonchev–Trinajstić information content (AvgIpc) is 3.11. The van der Waals surface area contributed by atoms with E-state index in [0.29, 0.717) is 28.0 Å². The molecule has 9 nitrogen and oxygen atoms in total. The summed E-state index contributed by atoms with van der Waals surface area (Å²) in [6.07, 6.45) is 1.63. The molecule has 0 saturated carbocycles. The van der Waals surface area contributed by atoms with Gasteiger partial charge in [-0.15, -0.1) is 10.2 Å². The molecule has 0 atom stereocenters. The van der Waals surface area contributed by atoms with Crippen molar-refractivity contribution in [3.63, 3.8) is 0 Å². The molecule has 0 spiro atoms. The van der Waals surface area contributed by atoms with Crippen LogP contribution in [0.3, 0.4) is 0 Å². The summed E-state index contributed by atoms with van der Waals surface area (Å²) in [7, 11) is 0. The van der Waals surface area contributed by atoms with E-state index in [1.165, 1.54) is 18.2 Å². The predicted molar refractivity (Wildman–Crippen MR) is 106 cm³/mol. The van der Waals surface area contributed by atoms with Gasteiger partial charge in [-0.05, 0) is 35.9 Å². The molecule has 0 aliphatic heterocycles. The van der Waals surface area contributed by atoms with E-state index < -0.39 is 11.9 Å². The molecule has 4 aromatic rings. The summed E-state index contributed by atoms with van der Waals surface area (Å²) in [5.41, 5.74) is 7.49. The van der Waals surface area contributed by atoms with Crippen LogP contribution in [0.1, 0.15) is 20.8 Å². The Kier molecular flexibility index (Phi) is 4.32.